The average Bonchev–Trinajstić information content (AvgIpc) is 3.44. The van der Waals surface area contributed by atoms with Crippen LogP contribution in [0.15, 0.2) is 30.3 Å². The fourth-order valence-corrected chi connectivity index (χ4v) is 7.92. The van der Waals surface area contributed by atoms with Crippen molar-refractivity contribution in [2.45, 2.75) is 109 Å². The van der Waals surface area contributed by atoms with Gasteiger partial charge < -0.3 is 24.3 Å². The van der Waals surface area contributed by atoms with E-state index in [0.717, 1.165) is 37.7 Å². The molecule has 3 aliphatic carbocycles. The molecular formula is C30H42BN3O5. The minimum absolute atomic E-state index is 0.0125. The first kappa shape index (κ1) is 28.0. The smallest absolute Gasteiger partial charge is 0.447 e. The Hall–Kier alpha value is -2.57. The number of alkyl carbamates (subject to hydrolysis) is 1. The molecule has 0 aromatic heterocycles. The van der Waals surface area contributed by atoms with E-state index in [0.29, 0.717) is 18.3 Å². The predicted octanol–water partition coefficient (Wildman–Crippen LogP) is 4.66. The molecule has 6 rings (SSSR count). The van der Waals surface area contributed by atoms with Crippen molar-refractivity contribution in [3.05, 3.63) is 35.9 Å². The maximum absolute atomic E-state index is 13.2. The number of carbonyl (C=O) groups is 2. The molecule has 2 saturated heterocycles. The second-order valence-electron chi connectivity index (χ2n) is 13.1. The van der Waals surface area contributed by atoms with Crippen molar-refractivity contribution in [2.24, 2.45) is 17.3 Å². The molecule has 2 bridgehead atoms. The molecule has 2 amide bonds. The Morgan fingerprint density at radius 2 is 1.97 bits per heavy atom. The summed E-state index contributed by atoms with van der Waals surface area (Å²) < 4.78 is 19.0. The van der Waals surface area contributed by atoms with Gasteiger partial charge in [0.1, 0.15) is 13.0 Å². The van der Waals surface area contributed by atoms with Crippen LogP contribution in [0.25, 0.3) is 0 Å². The lowest BCUT2D eigenvalue weighted by Gasteiger charge is -2.64. The van der Waals surface area contributed by atoms with Gasteiger partial charge in [-0.1, -0.05) is 51.1 Å². The number of hydrogen-bond acceptors (Lipinski definition) is 6. The molecule has 210 valence electrons. The molecule has 9 heteroatoms. The number of benzene rings is 1. The van der Waals surface area contributed by atoms with E-state index in [2.05, 4.69) is 26.1 Å². The molecule has 5 aliphatic rings. The number of nitrogens with one attached hydrogen (secondary N) is 1. The molecule has 2 aliphatic heterocycles. The number of ether oxygens (including phenoxy) is 1. The molecule has 3 saturated carbocycles. The number of rotatable bonds is 8. The van der Waals surface area contributed by atoms with E-state index in [1.54, 1.807) is 4.90 Å². The van der Waals surface area contributed by atoms with E-state index < -0.39 is 24.7 Å². The van der Waals surface area contributed by atoms with Crippen molar-refractivity contribution >= 4 is 19.1 Å². The summed E-state index contributed by atoms with van der Waals surface area (Å²) in [6.07, 6.45) is 4.31. The number of likely N-dealkylation sites (tertiary alicyclic amines) is 1. The highest BCUT2D eigenvalue weighted by Crippen LogP contribution is 2.65. The van der Waals surface area contributed by atoms with Gasteiger partial charge in [0.2, 0.25) is 5.91 Å². The Kier molecular flexibility index (Phi) is 7.49. The Bertz CT molecular complexity index is 1130. The van der Waals surface area contributed by atoms with Crippen LogP contribution in [0.2, 0.25) is 0 Å². The van der Waals surface area contributed by atoms with Gasteiger partial charge in [-0.25, -0.2) is 4.79 Å². The summed E-state index contributed by atoms with van der Waals surface area (Å²) >= 11 is 0. The van der Waals surface area contributed by atoms with Crippen molar-refractivity contribution in [3.8, 4) is 6.07 Å². The maximum atomic E-state index is 13.2. The van der Waals surface area contributed by atoms with E-state index in [-0.39, 0.29) is 42.1 Å². The highest BCUT2D eigenvalue weighted by molar-refractivity contribution is 6.47. The van der Waals surface area contributed by atoms with Crippen LogP contribution in [0, 0.1) is 28.6 Å². The SMILES string of the molecule is CCC1CCC(C)(COC(=O)NC(Cc2ccccc2)B2OC3CC4CC(C4(C)C)[C@]3(C)O2)N1C(=O)CC#N. The van der Waals surface area contributed by atoms with Crippen molar-refractivity contribution in [3.63, 3.8) is 0 Å². The van der Waals surface area contributed by atoms with Crippen molar-refractivity contribution in [2.75, 3.05) is 6.61 Å². The minimum atomic E-state index is -0.643. The minimum Gasteiger partial charge on any atom is -0.447 e. The van der Waals surface area contributed by atoms with Gasteiger partial charge in [-0.2, -0.15) is 5.26 Å². The van der Waals surface area contributed by atoms with Crippen LogP contribution in [-0.4, -0.2) is 59.9 Å². The summed E-state index contributed by atoms with van der Waals surface area (Å²) in [6.45, 7) is 10.9. The van der Waals surface area contributed by atoms with Crippen LogP contribution < -0.4 is 5.32 Å². The van der Waals surface area contributed by atoms with Crippen LogP contribution >= 0.6 is 0 Å². The summed E-state index contributed by atoms with van der Waals surface area (Å²) in [7, 11) is -0.580. The lowest BCUT2D eigenvalue weighted by Crippen LogP contribution is -2.65. The van der Waals surface area contributed by atoms with Crippen LogP contribution in [0.1, 0.15) is 78.7 Å². The standard InChI is InChI=1S/C30H42BN3O5/c1-6-22-12-14-29(4,34(22)26(35)13-15-32)19-37-27(36)33-25(16-20-10-8-7-9-11-20)31-38-24-18-21-17-23(28(21,2)3)30(24,5)39-31/h7-11,21-25H,6,12-14,16-19H2,1-5H3,(H,33,36)/t21?,22?,23?,24?,25?,29?,30-/m0/s1. The topological polar surface area (TPSA) is 101 Å². The maximum Gasteiger partial charge on any atom is 0.482 e. The van der Waals surface area contributed by atoms with Crippen LogP contribution in [0.3, 0.4) is 0 Å². The summed E-state index contributed by atoms with van der Waals surface area (Å²) in [5.41, 5.74) is 0.280. The normalized spacial score (nSPS) is 35.0. The van der Waals surface area contributed by atoms with Crippen molar-refractivity contribution in [1.82, 2.24) is 10.2 Å². The van der Waals surface area contributed by atoms with Crippen molar-refractivity contribution < 1.29 is 23.6 Å². The zero-order chi connectivity index (χ0) is 28.0. The number of carbonyl (C=O) groups excluding carboxylic acids is 2. The van der Waals surface area contributed by atoms with E-state index in [9.17, 15) is 9.59 Å². The third kappa shape index (κ3) is 4.95. The van der Waals surface area contributed by atoms with Crippen molar-refractivity contribution in [1.29, 1.82) is 5.26 Å². The Balaban J connectivity index is 1.28. The van der Waals surface area contributed by atoms with Crippen LogP contribution in [-0.2, 0) is 25.3 Å². The number of nitrogens with zero attached hydrogens (tertiary/aromatic N) is 2. The number of amides is 2. The number of nitriles is 1. The second kappa shape index (κ2) is 10.4. The molecule has 1 aromatic rings. The van der Waals surface area contributed by atoms with E-state index in [4.69, 9.17) is 19.3 Å². The molecule has 0 radical (unpaired) electrons. The van der Waals surface area contributed by atoms with Gasteiger partial charge in [0.25, 0.3) is 0 Å². The van der Waals surface area contributed by atoms with Crippen LogP contribution in [0.4, 0.5) is 4.79 Å². The molecule has 5 fully saturated rings. The van der Waals surface area contributed by atoms with Gasteiger partial charge in [-0.15, -0.1) is 0 Å². The lowest BCUT2D eigenvalue weighted by atomic mass is 9.43. The molecule has 8 nitrogen and oxygen atoms in total. The number of hydrogen-bond donors (Lipinski definition) is 1. The van der Waals surface area contributed by atoms with Gasteiger partial charge in [0, 0.05) is 6.04 Å². The predicted molar refractivity (Wildman–Crippen MR) is 147 cm³/mol. The molecule has 1 aromatic carbocycles. The lowest BCUT2D eigenvalue weighted by molar-refractivity contribution is -0.199. The first-order chi connectivity index (χ1) is 18.5. The van der Waals surface area contributed by atoms with Gasteiger partial charge in [-0.3, -0.25) is 4.79 Å². The Morgan fingerprint density at radius 3 is 2.64 bits per heavy atom. The monoisotopic (exact) mass is 535 g/mol. The summed E-state index contributed by atoms with van der Waals surface area (Å²) in [4.78, 5) is 27.8. The molecule has 39 heavy (non-hydrogen) atoms. The van der Waals surface area contributed by atoms with Crippen LogP contribution in [0.5, 0.6) is 0 Å². The molecule has 2 heterocycles. The highest BCUT2D eigenvalue weighted by Gasteiger charge is 2.68. The third-order valence-electron chi connectivity index (χ3n) is 10.3. The summed E-state index contributed by atoms with van der Waals surface area (Å²) in [6, 6.07) is 12.0. The van der Waals surface area contributed by atoms with Gasteiger partial charge >= 0.3 is 13.2 Å². The molecule has 7 atom stereocenters. The van der Waals surface area contributed by atoms with E-state index >= 15 is 0 Å². The quantitative estimate of drug-likeness (QED) is 0.486. The Labute approximate surface area is 232 Å². The van der Waals surface area contributed by atoms with Gasteiger partial charge in [0.15, 0.2) is 0 Å². The highest BCUT2D eigenvalue weighted by atomic mass is 16.7. The molecule has 0 spiro atoms. The summed E-state index contributed by atoms with van der Waals surface area (Å²) in [5.74, 6) is 0.423. The van der Waals surface area contributed by atoms with E-state index in [1.807, 2.05) is 50.2 Å². The molecular weight excluding hydrogens is 493 g/mol. The fraction of sp³-hybridized carbons (Fsp3) is 0.700. The zero-order valence-corrected chi connectivity index (χ0v) is 23.9. The Morgan fingerprint density at radius 1 is 1.23 bits per heavy atom. The van der Waals surface area contributed by atoms with Gasteiger partial charge in [-0.05, 0) is 75.2 Å². The van der Waals surface area contributed by atoms with E-state index in [1.165, 1.54) is 0 Å². The largest absolute Gasteiger partial charge is 0.482 e. The molecule has 6 unspecified atom stereocenters. The zero-order valence-electron chi connectivity index (χ0n) is 23.9. The molecule has 1 N–H and O–H groups in total. The fourth-order valence-electron chi connectivity index (χ4n) is 7.92. The first-order valence-corrected chi connectivity index (χ1v) is 14.5. The second-order valence-corrected chi connectivity index (χ2v) is 13.1. The first-order valence-electron chi connectivity index (χ1n) is 14.5. The average molecular weight is 535 g/mol. The summed E-state index contributed by atoms with van der Waals surface area (Å²) in [5, 5.41) is 12.1. The third-order valence-corrected chi connectivity index (χ3v) is 10.3. The van der Waals surface area contributed by atoms with Gasteiger partial charge in [0.05, 0.1) is 29.3 Å².